The highest BCUT2D eigenvalue weighted by Gasteiger charge is 2.33. The number of benzene rings is 2. The third-order valence-electron chi connectivity index (χ3n) is 5.30. The molecule has 30 heavy (non-hydrogen) atoms. The number of rotatable bonds is 7. The number of amides is 1. The van der Waals surface area contributed by atoms with E-state index in [1.54, 1.807) is 14.0 Å². The minimum Gasteiger partial charge on any atom is -0.497 e. The number of furan rings is 1. The third-order valence-corrected chi connectivity index (χ3v) is 5.30. The number of hydrogen-bond donors (Lipinski definition) is 1. The van der Waals surface area contributed by atoms with Crippen LogP contribution in [0.3, 0.4) is 0 Å². The van der Waals surface area contributed by atoms with Crippen molar-refractivity contribution in [2.45, 2.75) is 25.8 Å². The highest BCUT2D eigenvalue weighted by Crippen LogP contribution is 2.41. The molecule has 1 aliphatic carbocycles. The summed E-state index contributed by atoms with van der Waals surface area (Å²) in [5.74, 6) is -0.490. The standard InChI is InChI=1S/C23H22FNO5/c1-13-18-11-16(24)7-10-19(18)30-22(13)23(27)29-12-20(26)25-21(14-3-4-14)15-5-8-17(28-2)9-6-15/h5-11,14,21H,3-4,12H2,1-2H3,(H,25,26). The van der Waals surface area contributed by atoms with E-state index in [9.17, 15) is 14.0 Å². The summed E-state index contributed by atoms with van der Waals surface area (Å²) in [5.41, 5.74) is 1.84. The molecule has 2 aromatic carbocycles. The number of hydrogen-bond acceptors (Lipinski definition) is 5. The first-order valence-electron chi connectivity index (χ1n) is 9.75. The molecule has 0 saturated heterocycles. The maximum Gasteiger partial charge on any atom is 0.375 e. The molecule has 0 radical (unpaired) electrons. The fourth-order valence-corrected chi connectivity index (χ4v) is 3.51. The molecule has 0 spiro atoms. The van der Waals surface area contributed by atoms with Gasteiger partial charge >= 0.3 is 5.97 Å². The van der Waals surface area contributed by atoms with Crippen molar-refractivity contribution in [3.63, 3.8) is 0 Å². The van der Waals surface area contributed by atoms with Crippen molar-refractivity contribution in [2.75, 3.05) is 13.7 Å². The number of carbonyl (C=O) groups excluding carboxylic acids is 2. The van der Waals surface area contributed by atoms with Crippen LogP contribution in [-0.2, 0) is 9.53 Å². The van der Waals surface area contributed by atoms with Crippen molar-refractivity contribution >= 4 is 22.8 Å². The number of halogens is 1. The molecule has 6 nitrogen and oxygen atoms in total. The van der Waals surface area contributed by atoms with Crippen LogP contribution in [-0.4, -0.2) is 25.6 Å². The van der Waals surface area contributed by atoms with E-state index in [1.807, 2.05) is 24.3 Å². The summed E-state index contributed by atoms with van der Waals surface area (Å²) >= 11 is 0. The summed E-state index contributed by atoms with van der Waals surface area (Å²) in [7, 11) is 1.60. The third kappa shape index (κ3) is 4.15. The molecule has 1 fully saturated rings. The van der Waals surface area contributed by atoms with Crippen molar-refractivity contribution in [1.29, 1.82) is 0 Å². The first-order valence-corrected chi connectivity index (χ1v) is 9.75. The van der Waals surface area contributed by atoms with Gasteiger partial charge in [-0.1, -0.05) is 12.1 Å². The number of fused-ring (bicyclic) bond motifs is 1. The Morgan fingerprint density at radius 2 is 1.93 bits per heavy atom. The van der Waals surface area contributed by atoms with Gasteiger partial charge in [0.25, 0.3) is 5.91 Å². The summed E-state index contributed by atoms with van der Waals surface area (Å²) in [4.78, 5) is 24.8. The predicted octanol–water partition coefficient (Wildman–Crippen LogP) is 4.31. The quantitative estimate of drug-likeness (QED) is 0.586. The zero-order chi connectivity index (χ0) is 21.3. The molecule has 156 valence electrons. The first-order chi connectivity index (χ1) is 14.5. The second-order valence-corrected chi connectivity index (χ2v) is 7.43. The summed E-state index contributed by atoms with van der Waals surface area (Å²) in [6, 6.07) is 11.4. The molecule has 1 amide bonds. The monoisotopic (exact) mass is 411 g/mol. The Bertz CT molecular complexity index is 1080. The summed E-state index contributed by atoms with van der Waals surface area (Å²) in [5, 5.41) is 3.45. The molecule has 3 aromatic rings. The molecule has 1 heterocycles. The maximum atomic E-state index is 13.4. The van der Waals surface area contributed by atoms with Crippen molar-refractivity contribution in [2.24, 2.45) is 5.92 Å². The summed E-state index contributed by atoms with van der Waals surface area (Å²) < 4.78 is 29.2. The van der Waals surface area contributed by atoms with Crippen LogP contribution in [0.4, 0.5) is 4.39 Å². The lowest BCUT2D eigenvalue weighted by Crippen LogP contribution is -2.33. The van der Waals surface area contributed by atoms with Gasteiger partial charge in [0.2, 0.25) is 5.76 Å². The zero-order valence-corrected chi connectivity index (χ0v) is 16.7. The van der Waals surface area contributed by atoms with Crippen LogP contribution in [0.15, 0.2) is 46.9 Å². The van der Waals surface area contributed by atoms with E-state index in [0.29, 0.717) is 22.5 Å². The van der Waals surface area contributed by atoms with Gasteiger partial charge in [-0.2, -0.15) is 0 Å². The van der Waals surface area contributed by atoms with Crippen LogP contribution in [0, 0.1) is 18.7 Å². The van der Waals surface area contributed by atoms with Crippen LogP contribution < -0.4 is 10.1 Å². The van der Waals surface area contributed by atoms with E-state index >= 15 is 0 Å². The molecular weight excluding hydrogens is 389 g/mol. The van der Waals surface area contributed by atoms with Gasteiger partial charge in [-0.3, -0.25) is 4.79 Å². The molecule has 0 bridgehead atoms. The van der Waals surface area contributed by atoms with Crippen LogP contribution in [0.5, 0.6) is 5.75 Å². The number of ether oxygens (including phenoxy) is 2. The Morgan fingerprint density at radius 3 is 2.60 bits per heavy atom. The average Bonchev–Trinajstić information content (AvgIpc) is 3.54. The van der Waals surface area contributed by atoms with E-state index in [4.69, 9.17) is 13.9 Å². The number of aryl methyl sites for hydroxylation is 1. The maximum absolute atomic E-state index is 13.4. The fraction of sp³-hybridized carbons (Fsp3) is 0.304. The molecule has 1 aromatic heterocycles. The number of esters is 1. The largest absolute Gasteiger partial charge is 0.497 e. The van der Waals surface area contributed by atoms with Gasteiger partial charge in [-0.25, -0.2) is 9.18 Å². The van der Waals surface area contributed by atoms with Crippen LogP contribution in [0.1, 0.15) is 40.6 Å². The van der Waals surface area contributed by atoms with Crippen LogP contribution in [0.25, 0.3) is 11.0 Å². The van der Waals surface area contributed by atoms with E-state index in [0.717, 1.165) is 24.2 Å². The molecule has 7 heteroatoms. The minimum absolute atomic E-state index is 0.0303. The van der Waals surface area contributed by atoms with E-state index in [1.165, 1.54) is 18.2 Å². The predicted molar refractivity (Wildman–Crippen MR) is 108 cm³/mol. The molecule has 1 unspecified atom stereocenters. The average molecular weight is 411 g/mol. The lowest BCUT2D eigenvalue weighted by atomic mass is 10.0. The number of carbonyl (C=O) groups is 2. The molecule has 1 aliphatic rings. The molecule has 4 rings (SSSR count). The molecular formula is C23H22FNO5. The fourth-order valence-electron chi connectivity index (χ4n) is 3.51. The van der Waals surface area contributed by atoms with Gasteiger partial charge in [0, 0.05) is 10.9 Å². The highest BCUT2D eigenvalue weighted by atomic mass is 19.1. The second-order valence-electron chi connectivity index (χ2n) is 7.43. The van der Waals surface area contributed by atoms with E-state index in [2.05, 4.69) is 5.32 Å². The van der Waals surface area contributed by atoms with Gasteiger partial charge in [-0.15, -0.1) is 0 Å². The topological polar surface area (TPSA) is 77.8 Å². The van der Waals surface area contributed by atoms with Crippen LogP contribution in [0.2, 0.25) is 0 Å². The Kier molecular flexibility index (Phi) is 5.44. The Labute approximate surface area is 173 Å². The van der Waals surface area contributed by atoms with Crippen LogP contribution >= 0.6 is 0 Å². The molecule has 1 N–H and O–H groups in total. The second kappa shape index (κ2) is 8.18. The van der Waals surface area contributed by atoms with Gasteiger partial charge in [-0.05, 0) is 61.6 Å². The van der Waals surface area contributed by atoms with Crippen molar-refractivity contribution in [3.05, 3.63) is 65.2 Å². The Hall–Kier alpha value is -3.35. The highest BCUT2D eigenvalue weighted by molar-refractivity contribution is 5.96. The Morgan fingerprint density at radius 1 is 1.20 bits per heavy atom. The van der Waals surface area contributed by atoms with E-state index in [-0.39, 0.29) is 11.8 Å². The van der Waals surface area contributed by atoms with E-state index < -0.39 is 24.3 Å². The lowest BCUT2D eigenvalue weighted by Gasteiger charge is -2.19. The van der Waals surface area contributed by atoms with Crippen molar-refractivity contribution in [3.8, 4) is 5.75 Å². The van der Waals surface area contributed by atoms with Gasteiger partial charge < -0.3 is 19.2 Å². The first kappa shape index (κ1) is 19.9. The van der Waals surface area contributed by atoms with Gasteiger partial charge in [0.1, 0.15) is 17.1 Å². The number of methoxy groups -OCH3 is 1. The minimum atomic E-state index is -0.758. The van der Waals surface area contributed by atoms with Crippen molar-refractivity contribution in [1.82, 2.24) is 5.32 Å². The number of nitrogens with one attached hydrogen (secondary N) is 1. The normalized spacial score (nSPS) is 14.4. The molecule has 0 aliphatic heterocycles. The summed E-state index contributed by atoms with van der Waals surface area (Å²) in [6.07, 6.45) is 2.07. The lowest BCUT2D eigenvalue weighted by molar-refractivity contribution is -0.125. The SMILES string of the molecule is COc1ccc(C(NC(=O)COC(=O)c2oc3ccc(F)cc3c2C)C2CC2)cc1. The van der Waals surface area contributed by atoms with Gasteiger partial charge in [0.15, 0.2) is 6.61 Å². The Balaban J connectivity index is 1.40. The summed E-state index contributed by atoms with van der Waals surface area (Å²) in [6.45, 7) is 1.22. The molecule has 1 atom stereocenters. The smallest absolute Gasteiger partial charge is 0.375 e. The molecule has 1 saturated carbocycles. The van der Waals surface area contributed by atoms with Crippen molar-refractivity contribution < 1.29 is 27.9 Å². The van der Waals surface area contributed by atoms with Gasteiger partial charge in [0.05, 0.1) is 13.2 Å². The zero-order valence-electron chi connectivity index (χ0n) is 16.7.